The third-order valence-corrected chi connectivity index (χ3v) is 4.06. The monoisotopic (exact) mass is 366 g/mol. The van der Waals surface area contributed by atoms with E-state index in [0.29, 0.717) is 17.0 Å². The molecule has 0 atom stereocenters. The van der Waals surface area contributed by atoms with Crippen molar-refractivity contribution in [2.45, 2.75) is 13.1 Å². The number of alkyl halides is 3. The van der Waals surface area contributed by atoms with E-state index in [4.69, 9.17) is 11.6 Å². The van der Waals surface area contributed by atoms with Crippen LogP contribution in [-0.2, 0) is 6.18 Å². The van der Waals surface area contributed by atoms with Gasteiger partial charge in [-0.3, -0.25) is 9.83 Å². The first-order chi connectivity index (χ1) is 11.8. The number of anilines is 1. The van der Waals surface area contributed by atoms with Gasteiger partial charge >= 0.3 is 6.18 Å². The highest BCUT2D eigenvalue weighted by Gasteiger charge is 2.34. The molecule has 4 rings (SSSR count). The molecule has 0 bridgehead atoms. The summed E-state index contributed by atoms with van der Waals surface area (Å²) in [4.78, 5) is 4.42. The molecule has 2 aromatic heterocycles. The number of benzene rings is 1. The molecule has 0 fully saturated rings. The molecule has 3 aromatic rings. The minimum atomic E-state index is -4.57. The largest absolute Gasteiger partial charge is 0.417 e. The first-order valence-electron chi connectivity index (χ1n) is 7.15. The quantitative estimate of drug-likeness (QED) is 0.711. The molecular weight excluding hydrogens is 357 g/mol. The van der Waals surface area contributed by atoms with Gasteiger partial charge in [-0.1, -0.05) is 11.6 Å². The van der Waals surface area contributed by atoms with Crippen LogP contribution in [0.4, 0.5) is 19.0 Å². The number of fused-ring (bicyclic) bond motifs is 3. The number of nitrogens with one attached hydrogen (secondary N) is 1. The second-order valence-corrected chi connectivity index (χ2v) is 5.89. The van der Waals surface area contributed by atoms with Crippen molar-refractivity contribution >= 4 is 34.1 Å². The maximum absolute atomic E-state index is 13.1. The van der Waals surface area contributed by atoms with Gasteiger partial charge in [0.15, 0.2) is 5.82 Å². The summed E-state index contributed by atoms with van der Waals surface area (Å²) >= 11 is 5.82. The van der Waals surface area contributed by atoms with E-state index in [-0.39, 0.29) is 5.52 Å². The Kier molecular flexibility index (Phi) is 3.36. The molecular formula is C15H10ClF3N6. The average Bonchev–Trinajstić information content (AvgIpc) is 3.03. The molecule has 25 heavy (non-hydrogen) atoms. The first kappa shape index (κ1) is 15.7. The first-order valence-corrected chi connectivity index (χ1v) is 7.53. The molecule has 0 aliphatic carbocycles. The van der Waals surface area contributed by atoms with Gasteiger partial charge < -0.3 is 0 Å². The Morgan fingerprint density at radius 2 is 2.04 bits per heavy atom. The summed E-state index contributed by atoms with van der Waals surface area (Å²) in [5.74, 6) is 0.390. The van der Waals surface area contributed by atoms with E-state index in [2.05, 4.69) is 20.6 Å². The Balaban J connectivity index is 1.98. The minimum Gasteiger partial charge on any atom is -0.300 e. The second-order valence-electron chi connectivity index (χ2n) is 5.48. The molecule has 0 saturated carbocycles. The minimum absolute atomic E-state index is 0.216. The molecule has 0 radical (unpaired) electrons. The third-order valence-electron chi connectivity index (χ3n) is 3.75. The van der Waals surface area contributed by atoms with Gasteiger partial charge in [0.2, 0.25) is 5.65 Å². The molecule has 128 valence electrons. The lowest BCUT2D eigenvalue weighted by atomic mass is 10.2. The zero-order chi connectivity index (χ0) is 17.8. The van der Waals surface area contributed by atoms with Crippen molar-refractivity contribution in [1.29, 1.82) is 0 Å². The van der Waals surface area contributed by atoms with Crippen LogP contribution in [0.3, 0.4) is 0 Å². The number of hydrogen-bond donors (Lipinski definition) is 1. The molecule has 10 heteroatoms. The molecule has 0 unspecified atom stereocenters. The predicted octanol–water partition coefficient (Wildman–Crippen LogP) is 3.69. The Hall–Kier alpha value is -2.81. The van der Waals surface area contributed by atoms with Gasteiger partial charge in [0.25, 0.3) is 0 Å². The zero-order valence-corrected chi connectivity index (χ0v) is 13.5. The fourth-order valence-corrected chi connectivity index (χ4v) is 2.79. The van der Waals surface area contributed by atoms with Crippen molar-refractivity contribution < 1.29 is 13.2 Å². The molecule has 1 aromatic carbocycles. The average molecular weight is 367 g/mol. The van der Waals surface area contributed by atoms with Crippen molar-refractivity contribution in [3.63, 3.8) is 0 Å². The standard InChI is InChI=1S/C15H10ClF3N6/c1-8-2-3-25(21-6-8)13-14-23-20-7-24(14)12-4-9(15(17,18)19)10(16)5-11(12)22-13/h2-7,21H,1H3. The van der Waals surface area contributed by atoms with Crippen LogP contribution >= 0.6 is 11.6 Å². The second kappa shape index (κ2) is 5.35. The van der Waals surface area contributed by atoms with E-state index in [9.17, 15) is 13.2 Å². The van der Waals surface area contributed by atoms with Gasteiger partial charge in [0.1, 0.15) is 6.33 Å². The number of aromatic nitrogens is 4. The van der Waals surface area contributed by atoms with Crippen LogP contribution < -0.4 is 10.4 Å². The number of rotatable bonds is 1. The van der Waals surface area contributed by atoms with Gasteiger partial charge in [0, 0.05) is 12.4 Å². The van der Waals surface area contributed by atoms with Crippen LogP contribution in [0, 0.1) is 0 Å². The van der Waals surface area contributed by atoms with Crippen LogP contribution in [0.2, 0.25) is 5.02 Å². The predicted molar refractivity (Wildman–Crippen MR) is 86.8 cm³/mol. The van der Waals surface area contributed by atoms with Crippen LogP contribution in [0.1, 0.15) is 12.5 Å². The van der Waals surface area contributed by atoms with Crippen molar-refractivity contribution in [2.75, 3.05) is 5.01 Å². The lowest BCUT2D eigenvalue weighted by molar-refractivity contribution is -0.137. The van der Waals surface area contributed by atoms with Crippen LogP contribution in [0.5, 0.6) is 0 Å². The SMILES string of the molecule is CC1=CNN(c2nc3cc(Cl)c(C(F)(F)F)cc3n3cnnc23)C=C1. The van der Waals surface area contributed by atoms with Crippen LogP contribution in [-0.4, -0.2) is 19.6 Å². The summed E-state index contributed by atoms with van der Waals surface area (Å²) in [6, 6.07) is 2.14. The van der Waals surface area contributed by atoms with Crippen molar-refractivity contribution in [3.05, 3.63) is 53.1 Å². The van der Waals surface area contributed by atoms with Crippen molar-refractivity contribution in [3.8, 4) is 0 Å². The summed E-state index contributed by atoms with van der Waals surface area (Å²) < 4.78 is 40.8. The van der Waals surface area contributed by atoms with Gasteiger partial charge in [-0.05, 0) is 30.7 Å². The van der Waals surface area contributed by atoms with Gasteiger partial charge in [-0.15, -0.1) is 10.2 Å². The molecule has 1 aliphatic heterocycles. The number of hydrazine groups is 1. The summed E-state index contributed by atoms with van der Waals surface area (Å²) in [6.45, 7) is 1.92. The molecule has 3 heterocycles. The smallest absolute Gasteiger partial charge is 0.300 e. The zero-order valence-electron chi connectivity index (χ0n) is 12.7. The summed E-state index contributed by atoms with van der Waals surface area (Å²) in [5.41, 5.74) is 3.91. The highest BCUT2D eigenvalue weighted by Crippen LogP contribution is 2.37. The van der Waals surface area contributed by atoms with Gasteiger partial charge in [0.05, 0.1) is 21.6 Å². The number of hydrogen-bond acceptors (Lipinski definition) is 5. The van der Waals surface area contributed by atoms with E-state index >= 15 is 0 Å². The number of allylic oxidation sites excluding steroid dienone is 2. The van der Waals surface area contributed by atoms with Crippen molar-refractivity contribution in [2.24, 2.45) is 0 Å². The van der Waals surface area contributed by atoms with E-state index in [1.807, 2.05) is 13.0 Å². The van der Waals surface area contributed by atoms with E-state index < -0.39 is 16.8 Å². The molecule has 0 amide bonds. The fourth-order valence-electron chi connectivity index (χ4n) is 2.53. The van der Waals surface area contributed by atoms with Crippen molar-refractivity contribution in [1.82, 2.24) is 25.0 Å². The summed E-state index contributed by atoms with van der Waals surface area (Å²) in [6.07, 6.45) is 2.13. The maximum atomic E-state index is 13.1. The third kappa shape index (κ3) is 2.56. The topological polar surface area (TPSA) is 58.4 Å². The van der Waals surface area contributed by atoms with Gasteiger partial charge in [-0.2, -0.15) is 13.2 Å². The Morgan fingerprint density at radius 1 is 1.24 bits per heavy atom. The molecule has 0 saturated heterocycles. The molecule has 1 aliphatic rings. The highest BCUT2D eigenvalue weighted by molar-refractivity contribution is 6.32. The van der Waals surface area contributed by atoms with E-state index in [1.54, 1.807) is 17.4 Å². The fraction of sp³-hybridized carbons (Fsp3) is 0.133. The lowest BCUT2D eigenvalue weighted by Crippen LogP contribution is -2.32. The highest BCUT2D eigenvalue weighted by atomic mass is 35.5. The molecule has 6 nitrogen and oxygen atoms in total. The summed E-state index contributed by atoms with van der Waals surface area (Å²) in [5, 5.41) is 8.96. The summed E-state index contributed by atoms with van der Waals surface area (Å²) in [7, 11) is 0. The number of nitrogens with zero attached hydrogens (tertiary/aromatic N) is 5. The van der Waals surface area contributed by atoms with Crippen LogP contribution in [0.25, 0.3) is 16.7 Å². The lowest BCUT2D eigenvalue weighted by Gasteiger charge is -2.23. The Labute approximate surface area is 144 Å². The molecule has 1 N–H and O–H groups in total. The number of halogens is 4. The van der Waals surface area contributed by atoms with E-state index in [1.165, 1.54) is 16.8 Å². The van der Waals surface area contributed by atoms with E-state index in [0.717, 1.165) is 11.6 Å². The normalized spacial score (nSPS) is 14.9. The Morgan fingerprint density at radius 3 is 2.72 bits per heavy atom. The maximum Gasteiger partial charge on any atom is 0.417 e. The Bertz CT molecular complexity index is 1050. The van der Waals surface area contributed by atoms with Gasteiger partial charge in [-0.25, -0.2) is 9.99 Å². The molecule has 0 spiro atoms. The van der Waals surface area contributed by atoms with Crippen LogP contribution in [0.15, 0.2) is 42.5 Å².